The van der Waals surface area contributed by atoms with Crippen molar-refractivity contribution in [2.45, 2.75) is 50.1 Å². The number of piperidine rings is 1. The van der Waals surface area contributed by atoms with Gasteiger partial charge in [0, 0.05) is 32.1 Å². The van der Waals surface area contributed by atoms with Crippen molar-refractivity contribution in [1.82, 2.24) is 9.29 Å². The molecule has 0 unspecified atom stereocenters. The Balaban J connectivity index is 2.12. The quantitative estimate of drug-likeness (QED) is 0.723. The first-order valence-electron chi connectivity index (χ1n) is 8.47. The Morgan fingerprint density at radius 1 is 1.26 bits per heavy atom. The van der Waals surface area contributed by atoms with E-state index in [2.05, 4.69) is 4.98 Å². The van der Waals surface area contributed by atoms with E-state index >= 15 is 0 Å². The van der Waals surface area contributed by atoms with Gasteiger partial charge in [-0.05, 0) is 38.8 Å². The molecule has 0 saturated carbocycles. The summed E-state index contributed by atoms with van der Waals surface area (Å²) in [4.78, 5) is 16.3. The second-order valence-electron chi connectivity index (χ2n) is 6.99. The van der Waals surface area contributed by atoms with Gasteiger partial charge in [0.15, 0.2) is 5.78 Å². The Morgan fingerprint density at radius 2 is 1.85 bits per heavy atom. The highest BCUT2D eigenvalue weighted by Crippen LogP contribution is 2.29. The Bertz CT molecular complexity index is 768. The first kappa shape index (κ1) is 21.8. The number of carbonyl (C=O) groups excluding carboxylic acids is 1. The number of nitrogens with zero attached hydrogens (tertiary/aromatic N) is 2. The summed E-state index contributed by atoms with van der Waals surface area (Å²) in [5.74, 6) is -0.622. The molecule has 1 fully saturated rings. The molecule has 10 heteroatoms. The summed E-state index contributed by atoms with van der Waals surface area (Å²) in [7, 11) is -2.35. The van der Waals surface area contributed by atoms with Gasteiger partial charge < -0.3 is 4.74 Å². The van der Waals surface area contributed by atoms with Gasteiger partial charge in [-0.1, -0.05) is 0 Å². The Labute approximate surface area is 156 Å². The molecule has 1 aromatic heterocycles. The van der Waals surface area contributed by atoms with Crippen LogP contribution >= 0.6 is 0 Å². The second kappa shape index (κ2) is 7.84. The van der Waals surface area contributed by atoms with Gasteiger partial charge in [0.05, 0.1) is 18.1 Å². The highest BCUT2D eigenvalue weighted by atomic mass is 32.2. The van der Waals surface area contributed by atoms with Gasteiger partial charge in [0.25, 0.3) is 0 Å². The number of sulfonamides is 1. The first-order chi connectivity index (χ1) is 12.4. The zero-order chi connectivity index (χ0) is 20.5. The zero-order valence-electron chi connectivity index (χ0n) is 15.4. The number of rotatable bonds is 6. The summed E-state index contributed by atoms with van der Waals surface area (Å²) in [5.41, 5.74) is -0.832. The minimum atomic E-state index is -4.52. The molecule has 0 N–H and O–H groups in total. The molecule has 0 atom stereocenters. The van der Waals surface area contributed by atoms with Crippen molar-refractivity contribution in [2.75, 3.05) is 20.2 Å². The number of methoxy groups -OCH3 is 1. The molecule has 0 aromatic carbocycles. The third kappa shape index (κ3) is 4.67. The lowest BCUT2D eigenvalue weighted by atomic mass is 10.0. The van der Waals surface area contributed by atoms with Crippen LogP contribution < -0.4 is 0 Å². The zero-order valence-corrected chi connectivity index (χ0v) is 16.2. The molecule has 1 aliphatic rings. The normalized spacial score (nSPS) is 17.9. The number of ketones is 1. The molecular formula is C17H23F3N2O4S. The molecule has 0 bridgehead atoms. The van der Waals surface area contributed by atoms with Crippen molar-refractivity contribution in [3.8, 4) is 0 Å². The van der Waals surface area contributed by atoms with Crippen LogP contribution in [0.25, 0.3) is 0 Å². The minimum absolute atomic E-state index is 0.00777. The number of Topliss-reactive ketones (excluding diaryl/α,β-unsaturated/α-hetero) is 1. The monoisotopic (exact) mass is 408 g/mol. The SMILES string of the molecule is COC1CCN(S(=O)(=O)C(C)(C)C(=O)Cc2ccc(C(F)(F)F)cn2)CC1. The van der Waals surface area contributed by atoms with E-state index in [1.54, 1.807) is 7.11 Å². The van der Waals surface area contributed by atoms with Crippen molar-refractivity contribution >= 4 is 15.8 Å². The largest absolute Gasteiger partial charge is 0.417 e. The van der Waals surface area contributed by atoms with E-state index in [1.807, 2.05) is 0 Å². The molecule has 0 spiro atoms. The lowest BCUT2D eigenvalue weighted by molar-refractivity contribution is -0.137. The summed E-state index contributed by atoms with van der Waals surface area (Å²) < 4.78 is 68.4. The van der Waals surface area contributed by atoms with Crippen LogP contribution in [0.4, 0.5) is 13.2 Å². The van der Waals surface area contributed by atoms with Crippen LogP contribution in [0.2, 0.25) is 0 Å². The molecule has 2 rings (SSSR count). The van der Waals surface area contributed by atoms with E-state index < -0.39 is 32.3 Å². The van der Waals surface area contributed by atoms with E-state index in [9.17, 15) is 26.4 Å². The fourth-order valence-electron chi connectivity index (χ4n) is 2.85. The number of alkyl halides is 3. The number of ether oxygens (including phenoxy) is 1. The fourth-order valence-corrected chi connectivity index (χ4v) is 4.55. The summed E-state index contributed by atoms with van der Waals surface area (Å²) in [6.45, 7) is 3.15. The number of halogens is 3. The maximum Gasteiger partial charge on any atom is 0.417 e. The van der Waals surface area contributed by atoms with Crippen molar-refractivity contribution in [1.29, 1.82) is 0 Å². The van der Waals surface area contributed by atoms with E-state index in [0.717, 1.165) is 12.1 Å². The van der Waals surface area contributed by atoms with Crippen LogP contribution in [-0.4, -0.2) is 54.5 Å². The van der Waals surface area contributed by atoms with Gasteiger partial charge in [0.1, 0.15) is 4.75 Å². The van der Waals surface area contributed by atoms with Crippen LogP contribution in [0.5, 0.6) is 0 Å². The number of hydrogen-bond donors (Lipinski definition) is 0. The summed E-state index contributed by atoms with van der Waals surface area (Å²) in [5, 5.41) is 0. The minimum Gasteiger partial charge on any atom is -0.381 e. The smallest absolute Gasteiger partial charge is 0.381 e. The molecule has 0 radical (unpaired) electrons. The van der Waals surface area contributed by atoms with Crippen molar-refractivity contribution in [3.05, 3.63) is 29.6 Å². The molecule has 1 saturated heterocycles. The maximum absolute atomic E-state index is 12.9. The summed E-state index contributed by atoms with van der Waals surface area (Å²) in [6, 6.07) is 1.92. The predicted molar refractivity (Wildman–Crippen MR) is 92.6 cm³/mol. The molecule has 27 heavy (non-hydrogen) atoms. The third-order valence-corrected chi connectivity index (χ3v) is 7.45. The predicted octanol–water partition coefficient (Wildman–Crippen LogP) is 2.43. The fraction of sp³-hybridized carbons (Fsp3) is 0.647. The van der Waals surface area contributed by atoms with Crippen LogP contribution in [0, 0.1) is 0 Å². The maximum atomic E-state index is 12.9. The number of aromatic nitrogens is 1. The third-order valence-electron chi connectivity index (χ3n) is 4.88. The average molecular weight is 408 g/mol. The molecule has 152 valence electrons. The Morgan fingerprint density at radius 3 is 2.30 bits per heavy atom. The molecule has 6 nitrogen and oxygen atoms in total. The number of hydrogen-bond acceptors (Lipinski definition) is 5. The van der Waals surface area contributed by atoms with Crippen LogP contribution in [0.15, 0.2) is 18.3 Å². The highest BCUT2D eigenvalue weighted by Gasteiger charge is 2.45. The molecule has 0 aliphatic carbocycles. The van der Waals surface area contributed by atoms with E-state index in [4.69, 9.17) is 4.74 Å². The highest BCUT2D eigenvalue weighted by molar-refractivity contribution is 7.91. The second-order valence-corrected chi connectivity index (χ2v) is 9.47. The van der Waals surface area contributed by atoms with Gasteiger partial charge in [-0.2, -0.15) is 13.2 Å². The molecule has 1 aromatic rings. The number of pyridine rings is 1. The molecule has 1 aliphatic heterocycles. The van der Waals surface area contributed by atoms with Crippen molar-refractivity contribution in [2.24, 2.45) is 0 Å². The lowest BCUT2D eigenvalue weighted by Crippen LogP contribution is -2.52. The Kier molecular flexibility index (Phi) is 6.33. The first-order valence-corrected chi connectivity index (χ1v) is 9.91. The topological polar surface area (TPSA) is 76.6 Å². The standard InChI is InChI=1S/C17H23F3N2O4S/c1-16(2,27(24,25)22-8-6-14(26-3)7-9-22)15(23)10-13-5-4-12(11-21-13)17(18,19)20/h4-5,11,14H,6-10H2,1-3H3. The van der Waals surface area contributed by atoms with E-state index in [0.29, 0.717) is 19.0 Å². The van der Waals surface area contributed by atoms with Crippen LogP contribution in [-0.2, 0) is 32.2 Å². The van der Waals surface area contributed by atoms with Gasteiger partial charge in [-0.25, -0.2) is 12.7 Å². The van der Waals surface area contributed by atoms with Crippen LogP contribution in [0.3, 0.4) is 0 Å². The van der Waals surface area contributed by atoms with E-state index in [1.165, 1.54) is 18.2 Å². The molecular weight excluding hydrogens is 385 g/mol. The molecule has 0 amide bonds. The van der Waals surface area contributed by atoms with Gasteiger partial charge in [0.2, 0.25) is 10.0 Å². The average Bonchev–Trinajstić information content (AvgIpc) is 2.61. The lowest BCUT2D eigenvalue weighted by Gasteiger charge is -2.35. The van der Waals surface area contributed by atoms with Gasteiger partial charge >= 0.3 is 6.18 Å². The number of carbonyl (C=O) groups is 1. The Hall–Kier alpha value is -1.52. The van der Waals surface area contributed by atoms with Crippen molar-refractivity contribution < 1.29 is 31.1 Å². The summed E-state index contributed by atoms with van der Waals surface area (Å²) >= 11 is 0. The summed E-state index contributed by atoms with van der Waals surface area (Å²) in [6.07, 6.45) is -3.17. The molecule has 2 heterocycles. The van der Waals surface area contributed by atoms with Crippen molar-refractivity contribution in [3.63, 3.8) is 0 Å². The van der Waals surface area contributed by atoms with Crippen LogP contribution in [0.1, 0.15) is 37.9 Å². The van der Waals surface area contributed by atoms with Gasteiger partial charge in [-0.15, -0.1) is 0 Å². The van der Waals surface area contributed by atoms with Gasteiger partial charge in [-0.3, -0.25) is 9.78 Å². The van der Waals surface area contributed by atoms with E-state index in [-0.39, 0.29) is 31.3 Å².